The minimum absolute atomic E-state index is 0.159. The molecule has 0 aliphatic heterocycles. The Hall–Kier alpha value is -2.36. The smallest absolute Gasteiger partial charge is 0.338 e. The highest BCUT2D eigenvalue weighted by molar-refractivity contribution is 5.89. The van der Waals surface area contributed by atoms with E-state index in [1.807, 2.05) is 0 Å². The molecule has 0 N–H and O–H groups in total. The zero-order valence-corrected chi connectivity index (χ0v) is 9.22. The fourth-order valence-corrected chi connectivity index (χ4v) is 1.03. The Kier molecular flexibility index (Phi) is 4.69. The summed E-state index contributed by atoms with van der Waals surface area (Å²) in [5, 5.41) is 0. The molecule has 0 saturated carbocycles. The number of esters is 2. The molecule has 1 aromatic carbocycles. The minimum Gasteiger partial charge on any atom is -0.458 e. The van der Waals surface area contributed by atoms with Crippen LogP contribution in [0.3, 0.4) is 0 Å². The first-order valence-electron chi connectivity index (χ1n) is 4.89. The van der Waals surface area contributed by atoms with Crippen molar-refractivity contribution in [2.75, 3.05) is 6.61 Å². The fourth-order valence-electron chi connectivity index (χ4n) is 1.03. The second kappa shape index (κ2) is 6.27. The second-order valence-corrected chi connectivity index (χ2v) is 3.04. The van der Waals surface area contributed by atoms with Gasteiger partial charge in [0.05, 0.1) is 5.56 Å². The molecular weight excluding hydrogens is 220 g/mol. The SMILES string of the molecule is C=CCOC(=O)c1ccc(OC(=O)C=C)cc1. The van der Waals surface area contributed by atoms with Crippen molar-refractivity contribution in [3.63, 3.8) is 0 Å². The number of carbonyl (C=O) groups excluding carboxylic acids is 2. The van der Waals surface area contributed by atoms with Crippen molar-refractivity contribution >= 4 is 11.9 Å². The van der Waals surface area contributed by atoms with Crippen LogP contribution in [0, 0.1) is 0 Å². The van der Waals surface area contributed by atoms with Crippen LogP contribution >= 0.6 is 0 Å². The normalized spacial score (nSPS) is 9.18. The average Bonchev–Trinajstić information content (AvgIpc) is 2.36. The molecule has 4 nitrogen and oxygen atoms in total. The monoisotopic (exact) mass is 232 g/mol. The molecule has 0 aliphatic carbocycles. The number of benzene rings is 1. The van der Waals surface area contributed by atoms with E-state index >= 15 is 0 Å². The topological polar surface area (TPSA) is 52.6 Å². The number of ether oxygens (including phenoxy) is 2. The van der Waals surface area contributed by atoms with Crippen LogP contribution in [0.25, 0.3) is 0 Å². The number of hydrogen-bond donors (Lipinski definition) is 0. The highest BCUT2D eigenvalue weighted by Crippen LogP contribution is 2.13. The van der Waals surface area contributed by atoms with Gasteiger partial charge in [-0.25, -0.2) is 9.59 Å². The van der Waals surface area contributed by atoms with E-state index in [2.05, 4.69) is 13.2 Å². The summed E-state index contributed by atoms with van der Waals surface area (Å²) in [5.41, 5.74) is 0.380. The van der Waals surface area contributed by atoms with Crippen molar-refractivity contribution in [1.29, 1.82) is 0 Å². The van der Waals surface area contributed by atoms with E-state index in [1.165, 1.54) is 30.3 Å². The van der Waals surface area contributed by atoms with Crippen molar-refractivity contribution < 1.29 is 19.1 Å². The van der Waals surface area contributed by atoms with Gasteiger partial charge in [-0.3, -0.25) is 0 Å². The van der Waals surface area contributed by atoms with Crippen molar-refractivity contribution in [2.45, 2.75) is 0 Å². The van der Waals surface area contributed by atoms with Crippen LogP contribution in [0.5, 0.6) is 5.75 Å². The van der Waals surface area contributed by atoms with Crippen molar-refractivity contribution in [2.24, 2.45) is 0 Å². The van der Waals surface area contributed by atoms with E-state index in [1.54, 1.807) is 0 Å². The lowest BCUT2D eigenvalue weighted by Crippen LogP contribution is -2.06. The number of rotatable bonds is 5. The summed E-state index contributed by atoms with van der Waals surface area (Å²) < 4.78 is 9.69. The summed E-state index contributed by atoms with van der Waals surface area (Å²) in [6.07, 6.45) is 2.55. The lowest BCUT2D eigenvalue weighted by Gasteiger charge is -2.03. The van der Waals surface area contributed by atoms with Crippen LogP contribution in [0.2, 0.25) is 0 Å². The zero-order chi connectivity index (χ0) is 12.7. The third-order valence-electron chi connectivity index (χ3n) is 1.81. The predicted octanol–water partition coefficient (Wildman–Crippen LogP) is 2.12. The molecule has 0 heterocycles. The summed E-state index contributed by atoms with van der Waals surface area (Å²) >= 11 is 0. The van der Waals surface area contributed by atoms with Gasteiger partial charge in [0.1, 0.15) is 12.4 Å². The Bertz CT molecular complexity index is 431. The Balaban J connectivity index is 2.67. The molecule has 1 rings (SSSR count). The van der Waals surface area contributed by atoms with Gasteiger partial charge >= 0.3 is 11.9 Å². The molecule has 0 bridgehead atoms. The van der Waals surface area contributed by atoms with Gasteiger partial charge in [0, 0.05) is 6.08 Å². The molecule has 4 heteroatoms. The van der Waals surface area contributed by atoms with E-state index in [4.69, 9.17) is 9.47 Å². The van der Waals surface area contributed by atoms with Gasteiger partial charge in [-0.2, -0.15) is 0 Å². The first-order valence-corrected chi connectivity index (χ1v) is 4.89. The molecule has 0 aliphatic rings. The summed E-state index contributed by atoms with van der Waals surface area (Å²) in [7, 11) is 0. The highest BCUT2D eigenvalue weighted by atomic mass is 16.5. The Labute approximate surface area is 99.2 Å². The van der Waals surface area contributed by atoms with E-state index in [0.29, 0.717) is 11.3 Å². The van der Waals surface area contributed by atoms with Crippen molar-refractivity contribution in [3.8, 4) is 5.75 Å². The van der Waals surface area contributed by atoms with Gasteiger partial charge in [-0.15, -0.1) is 0 Å². The molecule has 17 heavy (non-hydrogen) atoms. The van der Waals surface area contributed by atoms with E-state index in [9.17, 15) is 9.59 Å². The maximum atomic E-state index is 11.4. The third-order valence-corrected chi connectivity index (χ3v) is 1.81. The van der Waals surface area contributed by atoms with Crippen molar-refractivity contribution in [1.82, 2.24) is 0 Å². The van der Waals surface area contributed by atoms with Gasteiger partial charge in [0.2, 0.25) is 0 Å². The van der Waals surface area contributed by atoms with Crippen LogP contribution in [0.4, 0.5) is 0 Å². The largest absolute Gasteiger partial charge is 0.458 e. The Morgan fingerprint density at radius 1 is 1.18 bits per heavy atom. The first kappa shape index (κ1) is 12.7. The predicted molar refractivity (Wildman–Crippen MR) is 62.8 cm³/mol. The maximum absolute atomic E-state index is 11.4. The summed E-state index contributed by atoms with van der Waals surface area (Å²) in [5.74, 6) is -0.659. The maximum Gasteiger partial charge on any atom is 0.338 e. The van der Waals surface area contributed by atoms with Crippen molar-refractivity contribution in [3.05, 3.63) is 55.1 Å². The Morgan fingerprint density at radius 3 is 2.35 bits per heavy atom. The molecular formula is C13H12O4. The summed E-state index contributed by atoms with van der Waals surface area (Å²) in [6.45, 7) is 6.88. The summed E-state index contributed by atoms with van der Waals surface area (Å²) in [4.78, 5) is 22.3. The number of carbonyl (C=O) groups is 2. The Morgan fingerprint density at radius 2 is 1.82 bits per heavy atom. The van der Waals surface area contributed by atoms with Gasteiger partial charge in [0.25, 0.3) is 0 Å². The second-order valence-electron chi connectivity index (χ2n) is 3.04. The highest BCUT2D eigenvalue weighted by Gasteiger charge is 2.06. The van der Waals surface area contributed by atoms with Gasteiger partial charge in [-0.05, 0) is 24.3 Å². The first-order chi connectivity index (χ1) is 8.17. The standard InChI is InChI=1S/C13H12O4/c1-3-9-16-13(15)10-5-7-11(8-6-10)17-12(14)4-2/h3-8H,1-2,9H2. The average molecular weight is 232 g/mol. The third kappa shape index (κ3) is 3.95. The lowest BCUT2D eigenvalue weighted by atomic mass is 10.2. The molecule has 0 amide bonds. The van der Waals surface area contributed by atoms with E-state index in [0.717, 1.165) is 6.08 Å². The zero-order valence-electron chi connectivity index (χ0n) is 9.22. The fraction of sp³-hybridized carbons (Fsp3) is 0.0769. The molecule has 0 spiro atoms. The molecule has 0 unspecified atom stereocenters. The van der Waals surface area contributed by atoms with Gasteiger partial charge < -0.3 is 9.47 Å². The van der Waals surface area contributed by atoms with Crippen LogP contribution in [0.15, 0.2) is 49.6 Å². The van der Waals surface area contributed by atoms with Crippen LogP contribution in [0.1, 0.15) is 10.4 Å². The van der Waals surface area contributed by atoms with E-state index in [-0.39, 0.29) is 6.61 Å². The number of hydrogen-bond acceptors (Lipinski definition) is 4. The molecule has 0 fully saturated rings. The van der Waals surface area contributed by atoms with Gasteiger partial charge in [0.15, 0.2) is 0 Å². The molecule has 0 aromatic heterocycles. The van der Waals surface area contributed by atoms with E-state index < -0.39 is 11.9 Å². The molecule has 0 radical (unpaired) electrons. The van der Waals surface area contributed by atoms with Crippen LogP contribution in [-0.2, 0) is 9.53 Å². The van der Waals surface area contributed by atoms with Gasteiger partial charge in [-0.1, -0.05) is 19.2 Å². The minimum atomic E-state index is -0.549. The van der Waals surface area contributed by atoms with Crippen LogP contribution in [-0.4, -0.2) is 18.5 Å². The molecule has 0 atom stereocenters. The van der Waals surface area contributed by atoms with Crippen LogP contribution < -0.4 is 4.74 Å². The molecule has 1 aromatic rings. The lowest BCUT2D eigenvalue weighted by molar-refractivity contribution is -0.128. The molecule has 88 valence electrons. The molecule has 0 saturated heterocycles. The summed E-state index contributed by atoms with van der Waals surface area (Å²) in [6, 6.07) is 6.03. The quantitative estimate of drug-likeness (QED) is 0.338.